The average Bonchev–Trinajstić information content (AvgIpc) is 3.34. The van der Waals surface area contributed by atoms with Crippen molar-refractivity contribution in [3.05, 3.63) is 88.6 Å². The number of likely N-dealkylation sites (tertiary alicyclic amines) is 1. The molecule has 2 aliphatic rings. The van der Waals surface area contributed by atoms with E-state index in [1.807, 2.05) is 12.1 Å². The maximum Gasteiger partial charge on any atom is 0.335 e. The topological polar surface area (TPSA) is 107 Å². The number of imidazole rings is 1. The van der Waals surface area contributed by atoms with Gasteiger partial charge in [-0.1, -0.05) is 32.0 Å². The van der Waals surface area contributed by atoms with Crippen LogP contribution in [-0.2, 0) is 24.4 Å². The van der Waals surface area contributed by atoms with E-state index in [1.54, 1.807) is 50.2 Å². The summed E-state index contributed by atoms with van der Waals surface area (Å²) in [5, 5.41) is 9.51. The lowest BCUT2D eigenvalue weighted by Crippen LogP contribution is -2.35. The van der Waals surface area contributed by atoms with Crippen LogP contribution in [0.5, 0.6) is 5.88 Å². The van der Waals surface area contributed by atoms with Gasteiger partial charge in [0.2, 0.25) is 5.88 Å². The van der Waals surface area contributed by atoms with Crippen molar-refractivity contribution in [2.24, 2.45) is 5.92 Å². The van der Waals surface area contributed by atoms with Gasteiger partial charge < -0.3 is 19.1 Å². The Labute approximate surface area is 255 Å². The monoisotopic (exact) mass is 600 g/mol. The third kappa shape index (κ3) is 6.51. The van der Waals surface area contributed by atoms with Gasteiger partial charge in [0, 0.05) is 41.3 Å². The number of rotatable bonds is 11. The summed E-state index contributed by atoms with van der Waals surface area (Å²) in [7, 11) is 0. The van der Waals surface area contributed by atoms with Crippen molar-refractivity contribution in [1.82, 2.24) is 19.4 Å². The number of ketones is 1. The number of pyridine rings is 1. The molecule has 0 spiro atoms. The average molecular weight is 601 g/mol. The maximum absolute atomic E-state index is 14.7. The number of piperidine rings is 1. The molecule has 0 radical (unpaired) electrons. The van der Waals surface area contributed by atoms with E-state index in [-0.39, 0.29) is 35.9 Å². The number of benzene rings is 2. The molecule has 44 heavy (non-hydrogen) atoms. The highest BCUT2D eigenvalue weighted by molar-refractivity contribution is 5.97. The summed E-state index contributed by atoms with van der Waals surface area (Å²) < 4.78 is 28.3. The standard InChI is InChI=1S/C34H37FN4O5/c1-21(2)33(40)23-6-7-25(27(35)16-23)20-44-32-5-3-4-28(37-32)22-10-13-38(14-11-22)19-31-36-29-9-8-24(34(41)42)17-30(29)39(31)18-26-12-15-43-26/h3-9,16-17,21-22,26H,10-15,18-20H2,1-2H3,(H,41,42). The molecule has 6 rings (SSSR count). The molecule has 1 unspecified atom stereocenters. The molecule has 4 heterocycles. The molecule has 2 fully saturated rings. The van der Waals surface area contributed by atoms with Gasteiger partial charge in [0.25, 0.3) is 0 Å². The lowest BCUT2D eigenvalue weighted by atomic mass is 9.93. The van der Waals surface area contributed by atoms with Crippen molar-refractivity contribution in [1.29, 1.82) is 0 Å². The van der Waals surface area contributed by atoms with Gasteiger partial charge in [-0.25, -0.2) is 19.2 Å². The molecule has 2 saturated heterocycles. The fourth-order valence-electron chi connectivity index (χ4n) is 5.89. The Morgan fingerprint density at radius 1 is 1.05 bits per heavy atom. The van der Waals surface area contributed by atoms with Gasteiger partial charge in [0.1, 0.15) is 18.2 Å². The summed E-state index contributed by atoms with van der Waals surface area (Å²) in [5.74, 6) is -0.0676. The van der Waals surface area contributed by atoms with Gasteiger partial charge in [-0.15, -0.1) is 0 Å². The van der Waals surface area contributed by atoms with Crippen LogP contribution in [0.4, 0.5) is 4.39 Å². The van der Waals surface area contributed by atoms with E-state index in [0.717, 1.165) is 61.5 Å². The summed E-state index contributed by atoms with van der Waals surface area (Å²) in [6.07, 6.45) is 2.95. The maximum atomic E-state index is 14.7. The highest BCUT2D eigenvalue weighted by atomic mass is 19.1. The number of fused-ring (bicyclic) bond motifs is 1. The van der Waals surface area contributed by atoms with Gasteiger partial charge in [-0.05, 0) is 62.7 Å². The molecule has 0 aliphatic carbocycles. The molecule has 0 amide bonds. The minimum Gasteiger partial charge on any atom is -0.478 e. The predicted octanol–water partition coefficient (Wildman–Crippen LogP) is 5.85. The van der Waals surface area contributed by atoms with Crippen LogP contribution in [0.25, 0.3) is 11.0 Å². The zero-order valence-electron chi connectivity index (χ0n) is 25.0. The molecule has 9 nitrogen and oxygen atoms in total. The zero-order chi connectivity index (χ0) is 30.8. The Bertz CT molecular complexity index is 1670. The second-order valence-electron chi connectivity index (χ2n) is 12.0. The smallest absolute Gasteiger partial charge is 0.335 e. The summed E-state index contributed by atoms with van der Waals surface area (Å²) in [4.78, 5) is 35.8. The lowest BCUT2D eigenvalue weighted by molar-refractivity contribution is -0.0592. The van der Waals surface area contributed by atoms with E-state index in [0.29, 0.717) is 30.1 Å². The van der Waals surface area contributed by atoms with Crippen LogP contribution < -0.4 is 4.74 Å². The molecule has 1 atom stereocenters. The lowest BCUT2D eigenvalue weighted by Gasteiger charge is -2.32. The van der Waals surface area contributed by atoms with E-state index < -0.39 is 11.8 Å². The van der Waals surface area contributed by atoms with E-state index in [4.69, 9.17) is 19.4 Å². The van der Waals surface area contributed by atoms with E-state index in [2.05, 4.69) is 9.47 Å². The van der Waals surface area contributed by atoms with Crippen LogP contribution in [0, 0.1) is 11.7 Å². The molecule has 0 saturated carbocycles. The van der Waals surface area contributed by atoms with Crippen LogP contribution in [0.2, 0.25) is 0 Å². The number of halogens is 1. The molecule has 2 aliphatic heterocycles. The fourth-order valence-corrected chi connectivity index (χ4v) is 5.89. The van der Waals surface area contributed by atoms with E-state index >= 15 is 0 Å². The number of carbonyl (C=O) groups excluding carboxylic acids is 1. The Morgan fingerprint density at radius 2 is 1.82 bits per heavy atom. The number of aromatic nitrogens is 3. The third-order valence-corrected chi connectivity index (χ3v) is 8.61. The first-order valence-electron chi connectivity index (χ1n) is 15.2. The normalized spacial score (nSPS) is 17.6. The second kappa shape index (κ2) is 12.8. The number of hydrogen-bond acceptors (Lipinski definition) is 7. The Kier molecular flexibility index (Phi) is 8.72. The van der Waals surface area contributed by atoms with Gasteiger partial charge in [-0.3, -0.25) is 9.69 Å². The first kappa shape index (κ1) is 29.9. The van der Waals surface area contributed by atoms with Crippen molar-refractivity contribution in [3.8, 4) is 5.88 Å². The molecule has 2 aromatic carbocycles. The highest BCUT2D eigenvalue weighted by Crippen LogP contribution is 2.30. The summed E-state index contributed by atoms with van der Waals surface area (Å²) in [6.45, 7) is 7.43. The Balaban J connectivity index is 1.08. The third-order valence-electron chi connectivity index (χ3n) is 8.61. The zero-order valence-corrected chi connectivity index (χ0v) is 25.0. The van der Waals surface area contributed by atoms with Gasteiger partial charge in [0.15, 0.2) is 5.78 Å². The van der Waals surface area contributed by atoms with Crippen LogP contribution >= 0.6 is 0 Å². The van der Waals surface area contributed by atoms with Crippen molar-refractivity contribution in [2.45, 2.75) is 64.8 Å². The number of nitrogens with zero attached hydrogens (tertiary/aromatic N) is 4. The summed E-state index contributed by atoms with van der Waals surface area (Å²) in [6, 6.07) is 15.3. The first-order valence-corrected chi connectivity index (χ1v) is 15.2. The van der Waals surface area contributed by atoms with Crippen molar-refractivity contribution in [2.75, 3.05) is 19.7 Å². The number of carboxylic acid groups (broad SMARTS) is 1. The van der Waals surface area contributed by atoms with E-state index in [9.17, 15) is 19.1 Å². The molecular formula is C34H37FN4O5. The highest BCUT2D eigenvalue weighted by Gasteiger charge is 2.26. The molecule has 2 aromatic heterocycles. The van der Waals surface area contributed by atoms with Crippen molar-refractivity contribution >= 4 is 22.8 Å². The van der Waals surface area contributed by atoms with Crippen LogP contribution in [-0.4, -0.2) is 62.1 Å². The predicted molar refractivity (Wildman–Crippen MR) is 162 cm³/mol. The summed E-state index contributed by atoms with van der Waals surface area (Å²) in [5.41, 5.74) is 3.56. The van der Waals surface area contributed by atoms with Crippen LogP contribution in [0.15, 0.2) is 54.6 Å². The largest absolute Gasteiger partial charge is 0.478 e. The molecule has 10 heteroatoms. The number of hydrogen-bond donors (Lipinski definition) is 1. The molecule has 1 N–H and O–H groups in total. The van der Waals surface area contributed by atoms with Gasteiger partial charge in [-0.2, -0.15) is 0 Å². The quantitative estimate of drug-likeness (QED) is 0.214. The Morgan fingerprint density at radius 3 is 2.50 bits per heavy atom. The second-order valence-corrected chi connectivity index (χ2v) is 12.0. The molecule has 4 aromatic rings. The molecule has 0 bridgehead atoms. The number of aromatic carboxylic acids is 1. The van der Waals surface area contributed by atoms with Crippen LogP contribution in [0.1, 0.15) is 76.8 Å². The SMILES string of the molecule is CC(C)C(=O)c1ccc(COc2cccc(C3CCN(Cc4nc5ccc(C(=O)O)cc5n4CC4CCO4)CC3)n2)c(F)c1. The van der Waals surface area contributed by atoms with Gasteiger partial charge in [0.05, 0.1) is 35.8 Å². The number of Topliss-reactive ketones (excluding diaryl/α,β-unsaturated/α-hetero) is 1. The van der Waals surface area contributed by atoms with Crippen LogP contribution in [0.3, 0.4) is 0 Å². The number of carbonyl (C=O) groups is 2. The number of ether oxygens (including phenoxy) is 2. The Hall–Kier alpha value is -4.15. The minimum absolute atomic E-state index is 0.0255. The summed E-state index contributed by atoms with van der Waals surface area (Å²) >= 11 is 0. The molecular weight excluding hydrogens is 563 g/mol. The van der Waals surface area contributed by atoms with Crippen molar-refractivity contribution < 1.29 is 28.6 Å². The fraction of sp³-hybridized carbons (Fsp3) is 0.412. The minimum atomic E-state index is -0.952. The molecule has 230 valence electrons. The van der Waals surface area contributed by atoms with Crippen molar-refractivity contribution in [3.63, 3.8) is 0 Å². The van der Waals surface area contributed by atoms with E-state index in [1.165, 1.54) is 6.07 Å². The first-order chi connectivity index (χ1) is 21.2. The number of carboxylic acids is 1. The van der Waals surface area contributed by atoms with Gasteiger partial charge >= 0.3 is 5.97 Å².